The predicted molar refractivity (Wildman–Crippen MR) is 48.7 cm³/mol. The summed E-state index contributed by atoms with van der Waals surface area (Å²) in [5.41, 5.74) is 5.96. The first-order valence-corrected chi connectivity index (χ1v) is 4.01. The van der Waals surface area contributed by atoms with Crippen molar-refractivity contribution in [2.24, 2.45) is 0 Å². The fourth-order valence-corrected chi connectivity index (χ4v) is 1.08. The standard InChI is InChI=1S/C7H9N5O2/c8-7-10-5-4(3-9-12-5)6(11-7)14-2-1-13/h3,13H,1-2H2,(H3,8,9,10,11,12). The van der Waals surface area contributed by atoms with Crippen LogP contribution in [0, 0.1) is 0 Å². The number of aromatic nitrogens is 4. The first-order chi connectivity index (χ1) is 6.81. The Bertz CT molecular complexity index is 441. The van der Waals surface area contributed by atoms with Crippen molar-refractivity contribution in [3.63, 3.8) is 0 Å². The van der Waals surface area contributed by atoms with E-state index in [4.69, 9.17) is 15.6 Å². The zero-order valence-corrected chi connectivity index (χ0v) is 7.27. The molecule has 0 saturated heterocycles. The summed E-state index contributed by atoms with van der Waals surface area (Å²) in [5.74, 6) is 0.435. The number of aliphatic hydroxyl groups is 1. The summed E-state index contributed by atoms with van der Waals surface area (Å²) in [6.45, 7) is 0.0833. The van der Waals surface area contributed by atoms with E-state index >= 15 is 0 Å². The number of nitrogens with one attached hydrogen (secondary N) is 1. The molecule has 14 heavy (non-hydrogen) atoms. The molecule has 0 unspecified atom stereocenters. The van der Waals surface area contributed by atoms with E-state index < -0.39 is 0 Å². The van der Waals surface area contributed by atoms with Crippen molar-refractivity contribution < 1.29 is 9.84 Å². The second kappa shape index (κ2) is 3.46. The summed E-state index contributed by atoms with van der Waals surface area (Å²) >= 11 is 0. The summed E-state index contributed by atoms with van der Waals surface area (Å²) in [6.07, 6.45) is 1.54. The van der Waals surface area contributed by atoms with Crippen LogP contribution in [0.2, 0.25) is 0 Å². The van der Waals surface area contributed by atoms with E-state index in [-0.39, 0.29) is 19.2 Å². The Balaban J connectivity index is 2.44. The van der Waals surface area contributed by atoms with Gasteiger partial charge in [-0.25, -0.2) is 0 Å². The van der Waals surface area contributed by atoms with Crippen molar-refractivity contribution >= 4 is 17.0 Å². The molecule has 2 rings (SSSR count). The summed E-state index contributed by atoms with van der Waals surface area (Å²) in [7, 11) is 0. The van der Waals surface area contributed by atoms with Crippen LogP contribution in [0.1, 0.15) is 0 Å². The lowest BCUT2D eigenvalue weighted by Gasteiger charge is -2.03. The Hall–Kier alpha value is -1.89. The van der Waals surface area contributed by atoms with Gasteiger partial charge in [-0.15, -0.1) is 0 Å². The topological polar surface area (TPSA) is 110 Å². The van der Waals surface area contributed by atoms with Crippen LogP contribution in [-0.4, -0.2) is 38.5 Å². The molecule has 0 bridgehead atoms. The molecule has 0 saturated carbocycles. The molecule has 0 aliphatic heterocycles. The molecule has 0 aliphatic carbocycles. The Kier molecular flexibility index (Phi) is 2.15. The maximum Gasteiger partial charge on any atom is 0.229 e. The molecule has 4 N–H and O–H groups in total. The average molecular weight is 195 g/mol. The van der Waals surface area contributed by atoms with E-state index in [0.29, 0.717) is 16.9 Å². The summed E-state index contributed by atoms with van der Waals surface area (Å²) in [6, 6.07) is 0. The van der Waals surface area contributed by atoms with Gasteiger partial charge in [0.05, 0.1) is 12.8 Å². The SMILES string of the molecule is Nc1nc(OCCO)c2cn[nH]c2n1. The van der Waals surface area contributed by atoms with Crippen molar-refractivity contribution in [3.8, 4) is 5.88 Å². The number of ether oxygens (including phenoxy) is 1. The first kappa shape index (κ1) is 8.70. The van der Waals surface area contributed by atoms with Gasteiger partial charge in [-0.2, -0.15) is 15.1 Å². The molecule has 0 aliphatic rings. The third-order valence-electron chi connectivity index (χ3n) is 1.62. The normalized spacial score (nSPS) is 10.6. The average Bonchev–Trinajstić information content (AvgIpc) is 2.61. The number of H-pyrrole nitrogens is 1. The fraction of sp³-hybridized carbons (Fsp3) is 0.286. The van der Waals surface area contributed by atoms with Gasteiger partial charge < -0.3 is 15.6 Å². The minimum Gasteiger partial charge on any atom is -0.475 e. The minimum absolute atomic E-state index is 0.0801. The lowest BCUT2D eigenvalue weighted by Crippen LogP contribution is -2.05. The van der Waals surface area contributed by atoms with Gasteiger partial charge in [0, 0.05) is 0 Å². The lowest BCUT2D eigenvalue weighted by atomic mass is 10.4. The zero-order valence-electron chi connectivity index (χ0n) is 7.27. The number of aliphatic hydroxyl groups excluding tert-OH is 1. The van der Waals surface area contributed by atoms with Crippen LogP contribution in [0.15, 0.2) is 6.20 Å². The van der Waals surface area contributed by atoms with Gasteiger partial charge in [0.2, 0.25) is 11.8 Å². The van der Waals surface area contributed by atoms with Crippen molar-refractivity contribution in [1.82, 2.24) is 20.2 Å². The molecule has 2 aromatic rings. The zero-order chi connectivity index (χ0) is 9.97. The number of nitrogens with two attached hydrogens (primary N) is 1. The molecule has 0 fully saturated rings. The molecular formula is C7H9N5O2. The quantitative estimate of drug-likeness (QED) is 0.597. The minimum atomic E-state index is -0.0801. The van der Waals surface area contributed by atoms with E-state index in [1.54, 1.807) is 6.20 Å². The highest BCUT2D eigenvalue weighted by Gasteiger charge is 2.08. The van der Waals surface area contributed by atoms with Gasteiger partial charge in [0.25, 0.3) is 0 Å². The summed E-state index contributed by atoms with van der Waals surface area (Å²) in [4.78, 5) is 7.79. The van der Waals surface area contributed by atoms with E-state index in [9.17, 15) is 0 Å². The Morgan fingerprint density at radius 1 is 1.50 bits per heavy atom. The van der Waals surface area contributed by atoms with Crippen molar-refractivity contribution in [2.45, 2.75) is 0 Å². The molecule has 0 amide bonds. The Labute approximate surface area is 78.9 Å². The third-order valence-corrected chi connectivity index (χ3v) is 1.62. The summed E-state index contributed by atoms with van der Waals surface area (Å²) < 4.78 is 5.17. The fourth-order valence-electron chi connectivity index (χ4n) is 1.08. The third kappa shape index (κ3) is 1.44. The molecule has 0 aromatic carbocycles. The number of hydrogen-bond donors (Lipinski definition) is 3. The number of nitrogen functional groups attached to an aromatic ring is 1. The van der Waals surface area contributed by atoms with Gasteiger partial charge in [-0.05, 0) is 0 Å². The van der Waals surface area contributed by atoms with Crippen molar-refractivity contribution in [1.29, 1.82) is 0 Å². The maximum atomic E-state index is 8.60. The van der Waals surface area contributed by atoms with E-state index in [0.717, 1.165) is 0 Å². The molecule has 0 atom stereocenters. The number of aromatic amines is 1. The highest BCUT2D eigenvalue weighted by Crippen LogP contribution is 2.20. The molecule has 74 valence electrons. The largest absolute Gasteiger partial charge is 0.475 e. The Morgan fingerprint density at radius 3 is 3.14 bits per heavy atom. The maximum absolute atomic E-state index is 8.60. The summed E-state index contributed by atoms with van der Waals surface area (Å²) in [5, 5.41) is 15.7. The number of hydrogen-bond acceptors (Lipinski definition) is 6. The molecule has 0 spiro atoms. The van der Waals surface area contributed by atoms with Crippen molar-refractivity contribution in [3.05, 3.63) is 6.20 Å². The number of anilines is 1. The van der Waals surface area contributed by atoms with Crippen LogP contribution in [-0.2, 0) is 0 Å². The highest BCUT2D eigenvalue weighted by atomic mass is 16.5. The number of rotatable bonds is 3. The van der Waals surface area contributed by atoms with Gasteiger partial charge in [0.15, 0.2) is 5.65 Å². The molecule has 2 aromatic heterocycles. The van der Waals surface area contributed by atoms with Gasteiger partial charge in [-0.3, -0.25) is 5.10 Å². The first-order valence-electron chi connectivity index (χ1n) is 4.01. The van der Waals surface area contributed by atoms with Gasteiger partial charge >= 0.3 is 0 Å². The van der Waals surface area contributed by atoms with E-state index in [1.807, 2.05) is 0 Å². The second-order valence-corrected chi connectivity index (χ2v) is 2.59. The molecule has 7 heteroatoms. The van der Waals surface area contributed by atoms with Crippen LogP contribution < -0.4 is 10.5 Å². The molecule has 7 nitrogen and oxygen atoms in total. The highest BCUT2D eigenvalue weighted by molar-refractivity contribution is 5.80. The van der Waals surface area contributed by atoms with E-state index in [1.165, 1.54) is 0 Å². The Morgan fingerprint density at radius 2 is 2.36 bits per heavy atom. The number of fused-ring (bicyclic) bond motifs is 1. The monoisotopic (exact) mass is 195 g/mol. The van der Waals surface area contributed by atoms with Crippen LogP contribution in [0.3, 0.4) is 0 Å². The molecule has 0 radical (unpaired) electrons. The van der Waals surface area contributed by atoms with Gasteiger partial charge in [-0.1, -0.05) is 0 Å². The van der Waals surface area contributed by atoms with Crippen LogP contribution in [0.5, 0.6) is 5.88 Å². The predicted octanol–water partition coefficient (Wildman–Crippen LogP) is -0.694. The smallest absolute Gasteiger partial charge is 0.229 e. The van der Waals surface area contributed by atoms with Crippen LogP contribution >= 0.6 is 0 Å². The molecule has 2 heterocycles. The number of nitrogens with zero attached hydrogens (tertiary/aromatic N) is 3. The van der Waals surface area contributed by atoms with E-state index in [2.05, 4.69) is 20.2 Å². The second-order valence-electron chi connectivity index (χ2n) is 2.59. The van der Waals surface area contributed by atoms with Crippen LogP contribution in [0.25, 0.3) is 11.0 Å². The lowest BCUT2D eigenvalue weighted by molar-refractivity contribution is 0.198. The van der Waals surface area contributed by atoms with Crippen LogP contribution in [0.4, 0.5) is 5.95 Å². The van der Waals surface area contributed by atoms with Crippen molar-refractivity contribution in [2.75, 3.05) is 18.9 Å². The van der Waals surface area contributed by atoms with Gasteiger partial charge in [0.1, 0.15) is 12.0 Å². The molecular weight excluding hydrogens is 186 g/mol.